The highest BCUT2D eigenvalue weighted by Crippen LogP contribution is 2.31. The zero-order chi connectivity index (χ0) is 23.3. The van der Waals surface area contributed by atoms with Crippen LogP contribution in [0, 0.1) is 24.4 Å². The summed E-state index contributed by atoms with van der Waals surface area (Å²) in [6.07, 6.45) is 0.629. The summed E-state index contributed by atoms with van der Waals surface area (Å²) in [5.41, 5.74) is 1.28. The van der Waals surface area contributed by atoms with E-state index in [1.165, 1.54) is 17.0 Å². The van der Waals surface area contributed by atoms with Crippen molar-refractivity contribution in [2.24, 2.45) is 0 Å². The molecule has 1 aliphatic heterocycles. The number of carbonyl (C=O) groups is 2. The molecule has 3 amide bonds. The topological polar surface area (TPSA) is 103 Å². The summed E-state index contributed by atoms with van der Waals surface area (Å²) in [7, 11) is 0. The first-order valence-corrected chi connectivity index (χ1v) is 9.91. The zero-order valence-electron chi connectivity index (χ0n) is 17.3. The van der Waals surface area contributed by atoms with Crippen LogP contribution >= 0.6 is 0 Å². The number of carbonyl (C=O) groups excluding carboxylic acids is 2. The molecule has 0 unspecified atom stereocenters. The lowest BCUT2D eigenvalue weighted by Gasteiger charge is -2.28. The predicted octanol–water partition coefficient (Wildman–Crippen LogP) is 2.72. The summed E-state index contributed by atoms with van der Waals surface area (Å²) in [6.45, 7) is 1.59. The van der Waals surface area contributed by atoms with Crippen molar-refractivity contribution in [1.29, 1.82) is 0 Å². The van der Waals surface area contributed by atoms with Gasteiger partial charge in [-0.2, -0.15) is 0 Å². The molecule has 0 bridgehead atoms. The number of halogens is 3. The van der Waals surface area contributed by atoms with Crippen molar-refractivity contribution in [3.63, 3.8) is 0 Å². The molecule has 0 saturated carbocycles. The maximum Gasteiger partial charge on any atom is 0.317 e. The molecular formula is C21H23F3N4O4. The Kier molecular flexibility index (Phi) is 7.54. The van der Waals surface area contributed by atoms with E-state index in [-0.39, 0.29) is 36.6 Å². The van der Waals surface area contributed by atoms with Crippen LogP contribution in [-0.2, 0) is 11.4 Å². The van der Waals surface area contributed by atoms with Gasteiger partial charge in [-0.15, -0.1) is 0 Å². The smallest absolute Gasteiger partial charge is 0.317 e. The van der Waals surface area contributed by atoms with Crippen LogP contribution < -0.4 is 16.1 Å². The number of hydrogen-bond donors (Lipinski definition) is 4. The van der Waals surface area contributed by atoms with Crippen molar-refractivity contribution in [2.45, 2.75) is 19.9 Å². The number of nitrogens with zero attached hydrogens (tertiary/aromatic N) is 1. The second-order valence-electron chi connectivity index (χ2n) is 7.20. The van der Waals surface area contributed by atoms with E-state index in [4.69, 9.17) is 9.94 Å². The number of aliphatic hydroxyl groups excluding tert-OH is 1. The van der Waals surface area contributed by atoms with Crippen LogP contribution in [-0.4, -0.2) is 48.2 Å². The number of aliphatic hydroxyl groups is 1. The van der Waals surface area contributed by atoms with Crippen LogP contribution in [0.2, 0.25) is 0 Å². The Balaban J connectivity index is 2.00. The van der Waals surface area contributed by atoms with Gasteiger partial charge in [-0.05, 0) is 37.1 Å². The molecule has 3 rings (SSSR count). The van der Waals surface area contributed by atoms with Gasteiger partial charge in [0, 0.05) is 18.7 Å². The highest BCUT2D eigenvalue weighted by molar-refractivity contribution is 6.00. The maximum absolute atomic E-state index is 15.1. The molecule has 2 aromatic carbocycles. The van der Waals surface area contributed by atoms with Crippen LogP contribution in [0.15, 0.2) is 24.3 Å². The fraction of sp³-hybridized carbons (Fsp3) is 0.333. The molecular weight excluding hydrogens is 429 g/mol. The third-order valence-electron chi connectivity index (χ3n) is 4.80. The standard InChI is InChI=1S/C21H23F3N4O4/c1-12-3-4-16(15(22)9-12)26-19-14(20(30)27-32-8-7-29)10-13(17(23)18(19)24)11-28-6-2-5-25-21(28)31/h3-4,9-10,26,29H,2,5-8,11H2,1H3,(H,25,31)(H,27,30). The van der Waals surface area contributed by atoms with E-state index in [1.807, 2.05) is 5.48 Å². The molecule has 11 heteroatoms. The first kappa shape index (κ1) is 23.4. The largest absolute Gasteiger partial charge is 0.394 e. The number of nitrogens with one attached hydrogen (secondary N) is 3. The van der Waals surface area contributed by atoms with E-state index in [9.17, 15) is 18.4 Å². The SMILES string of the molecule is Cc1ccc(Nc2c(C(=O)NOCCO)cc(CN3CCCNC3=O)c(F)c2F)c(F)c1. The van der Waals surface area contributed by atoms with Crippen molar-refractivity contribution < 1.29 is 32.7 Å². The lowest BCUT2D eigenvalue weighted by Crippen LogP contribution is -2.46. The number of anilines is 2. The molecule has 0 atom stereocenters. The molecule has 0 spiro atoms. The van der Waals surface area contributed by atoms with Crippen LogP contribution in [0.3, 0.4) is 0 Å². The maximum atomic E-state index is 15.1. The molecule has 1 aliphatic rings. The number of rotatable bonds is 8. The van der Waals surface area contributed by atoms with Gasteiger partial charge in [0.2, 0.25) is 0 Å². The second kappa shape index (κ2) is 10.3. The van der Waals surface area contributed by atoms with Crippen molar-refractivity contribution in [1.82, 2.24) is 15.7 Å². The van der Waals surface area contributed by atoms with Gasteiger partial charge in [-0.3, -0.25) is 9.63 Å². The van der Waals surface area contributed by atoms with Gasteiger partial charge in [0.25, 0.3) is 5.91 Å². The number of amides is 3. The molecule has 172 valence electrons. The van der Waals surface area contributed by atoms with E-state index < -0.39 is 35.1 Å². The summed E-state index contributed by atoms with van der Waals surface area (Å²) < 4.78 is 44.3. The third-order valence-corrected chi connectivity index (χ3v) is 4.80. The van der Waals surface area contributed by atoms with Crippen molar-refractivity contribution >= 4 is 23.3 Å². The zero-order valence-corrected chi connectivity index (χ0v) is 17.3. The molecule has 32 heavy (non-hydrogen) atoms. The van der Waals surface area contributed by atoms with Crippen LogP contribution in [0.5, 0.6) is 0 Å². The first-order valence-electron chi connectivity index (χ1n) is 9.91. The number of hydrogen-bond acceptors (Lipinski definition) is 5. The highest BCUT2D eigenvalue weighted by atomic mass is 19.2. The number of hydroxylamine groups is 1. The van der Waals surface area contributed by atoms with Gasteiger partial charge in [0.15, 0.2) is 11.6 Å². The number of aryl methyl sites for hydroxylation is 1. The molecule has 1 heterocycles. The summed E-state index contributed by atoms with van der Waals surface area (Å²) >= 11 is 0. The highest BCUT2D eigenvalue weighted by Gasteiger charge is 2.26. The molecule has 1 fully saturated rings. The van der Waals surface area contributed by atoms with E-state index in [1.54, 1.807) is 13.0 Å². The van der Waals surface area contributed by atoms with Gasteiger partial charge >= 0.3 is 6.03 Å². The summed E-state index contributed by atoms with van der Waals surface area (Å²) in [5, 5.41) is 13.8. The summed E-state index contributed by atoms with van der Waals surface area (Å²) in [5.74, 6) is -4.35. The normalized spacial score (nSPS) is 13.7. The van der Waals surface area contributed by atoms with Gasteiger partial charge < -0.3 is 20.6 Å². The Morgan fingerprint density at radius 3 is 2.72 bits per heavy atom. The fourth-order valence-electron chi connectivity index (χ4n) is 3.20. The van der Waals surface area contributed by atoms with Crippen LogP contribution in [0.25, 0.3) is 0 Å². The van der Waals surface area contributed by atoms with E-state index in [0.29, 0.717) is 25.1 Å². The Hall–Kier alpha value is -3.31. The minimum absolute atomic E-state index is 0.164. The Morgan fingerprint density at radius 1 is 1.25 bits per heavy atom. The Morgan fingerprint density at radius 2 is 2.03 bits per heavy atom. The van der Waals surface area contributed by atoms with Gasteiger partial charge in [-0.1, -0.05) is 6.07 Å². The van der Waals surface area contributed by atoms with Crippen molar-refractivity contribution in [3.05, 3.63) is 58.4 Å². The lowest BCUT2D eigenvalue weighted by molar-refractivity contribution is 0.0168. The third kappa shape index (κ3) is 5.29. The molecule has 0 aliphatic carbocycles. The van der Waals surface area contributed by atoms with Gasteiger partial charge in [0.1, 0.15) is 5.82 Å². The molecule has 0 radical (unpaired) electrons. The number of urea groups is 1. The molecule has 8 nitrogen and oxygen atoms in total. The number of benzene rings is 2. The molecule has 2 aromatic rings. The Labute approximate surface area is 182 Å². The summed E-state index contributed by atoms with van der Waals surface area (Å²) in [4.78, 5) is 30.7. The fourth-order valence-corrected chi connectivity index (χ4v) is 3.20. The second-order valence-corrected chi connectivity index (χ2v) is 7.20. The predicted molar refractivity (Wildman–Crippen MR) is 110 cm³/mol. The molecule has 0 aromatic heterocycles. The van der Waals surface area contributed by atoms with Crippen LogP contribution in [0.1, 0.15) is 27.9 Å². The van der Waals surface area contributed by atoms with Gasteiger partial charge in [0.05, 0.1) is 36.7 Å². The quantitative estimate of drug-likeness (QED) is 0.364. The van der Waals surface area contributed by atoms with E-state index >= 15 is 4.39 Å². The first-order chi connectivity index (χ1) is 15.3. The van der Waals surface area contributed by atoms with E-state index in [0.717, 1.165) is 6.07 Å². The molecule has 4 N–H and O–H groups in total. The van der Waals surface area contributed by atoms with Crippen molar-refractivity contribution in [3.8, 4) is 0 Å². The molecule has 1 saturated heterocycles. The van der Waals surface area contributed by atoms with Crippen LogP contribution in [0.4, 0.5) is 29.3 Å². The average molecular weight is 452 g/mol. The lowest BCUT2D eigenvalue weighted by atomic mass is 10.0. The van der Waals surface area contributed by atoms with Crippen molar-refractivity contribution in [2.75, 3.05) is 31.6 Å². The Bertz CT molecular complexity index is 1020. The minimum Gasteiger partial charge on any atom is -0.394 e. The van der Waals surface area contributed by atoms with E-state index in [2.05, 4.69) is 10.6 Å². The summed E-state index contributed by atoms with van der Waals surface area (Å²) in [6, 6.07) is 4.74. The average Bonchev–Trinajstić information content (AvgIpc) is 2.76. The monoisotopic (exact) mass is 452 g/mol. The minimum atomic E-state index is -1.41. The van der Waals surface area contributed by atoms with Gasteiger partial charge in [-0.25, -0.2) is 23.4 Å².